The highest BCUT2D eigenvalue weighted by Crippen LogP contribution is 2.29. The van der Waals surface area contributed by atoms with Gasteiger partial charge in [0, 0.05) is 28.7 Å². The van der Waals surface area contributed by atoms with Gasteiger partial charge in [-0.15, -0.1) is 11.3 Å². The van der Waals surface area contributed by atoms with Crippen molar-refractivity contribution in [2.75, 3.05) is 10.6 Å². The van der Waals surface area contributed by atoms with Gasteiger partial charge in [0.1, 0.15) is 0 Å². The van der Waals surface area contributed by atoms with Gasteiger partial charge < -0.3 is 10.6 Å². The Morgan fingerprint density at radius 1 is 1.00 bits per heavy atom. The van der Waals surface area contributed by atoms with Crippen molar-refractivity contribution in [1.82, 2.24) is 4.98 Å². The van der Waals surface area contributed by atoms with Crippen LogP contribution in [0.2, 0.25) is 0 Å². The second kappa shape index (κ2) is 8.14. The van der Waals surface area contributed by atoms with E-state index in [2.05, 4.69) is 15.6 Å². The molecule has 138 valence electrons. The fourth-order valence-corrected chi connectivity index (χ4v) is 3.71. The van der Waals surface area contributed by atoms with E-state index in [1.54, 1.807) is 24.3 Å². The normalized spacial score (nSPS) is 10.5. The molecule has 3 rings (SSSR count). The highest BCUT2D eigenvalue weighted by Gasteiger charge is 2.15. The predicted octanol–water partition coefficient (Wildman–Crippen LogP) is 4.57. The van der Waals surface area contributed by atoms with E-state index in [1.165, 1.54) is 23.8 Å². The molecule has 0 atom stereocenters. The molecule has 0 saturated heterocycles. The van der Waals surface area contributed by atoms with Gasteiger partial charge in [-0.25, -0.2) is 4.98 Å². The number of hydrogen-bond donors (Lipinski definition) is 2. The van der Waals surface area contributed by atoms with E-state index in [1.807, 2.05) is 38.1 Å². The number of nitrogens with zero attached hydrogens (tertiary/aromatic N) is 1. The largest absolute Gasteiger partial charge is 0.326 e. The molecule has 5 nitrogen and oxygen atoms in total. The number of thiazole rings is 1. The summed E-state index contributed by atoms with van der Waals surface area (Å²) in [6.07, 6.45) is 0.249. The number of rotatable bonds is 5. The zero-order valence-electron chi connectivity index (χ0n) is 15.5. The molecular formula is C21H21N3O2S. The van der Waals surface area contributed by atoms with Crippen molar-refractivity contribution >= 4 is 34.5 Å². The van der Waals surface area contributed by atoms with Gasteiger partial charge in [-0.05, 0) is 32.0 Å². The fourth-order valence-electron chi connectivity index (χ4n) is 2.76. The molecule has 27 heavy (non-hydrogen) atoms. The summed E-state index contributed by atoms with van der Waals surface area (Å²) in [7, 11) is 0. The lowest BCUT2D eigenvalue weighted by Gasteiger charge is -2.08. The Hall–Kier alpha value is -2.99. The van der Waals surface area contributed by atoms with Crippen molar-refractivity contribution in [2.24, 2.45) is 0 Å². The third-order valence-corrected chi connectivity index (χ3v) is 4.89. The van der Waals surface area contributed by atoms with Gasteiger partial charge >= 0.3 is 0 Å². The van der Waals surface area contributed by atoms with E-state index in [-0.39, 0.29) is 18.2 Å². The monoisotopic (exact) mass is 379 g/mol. The summed E-state index contributed by atoms with van der Waals surface area (Å²) >= 11 is 1.53. The first-order valence-corrected chi connectivity index (χ1v) is 9.43. The molecule has 2 N–H and O–H groups in total. The molecule has 0 fully saturated rings. The van der Waals surface area contributed by atoms with Crippen LogP contribution in [0.25, 0.3) is 11.3 Å². The maximum atomic E-state index is 12.5. The number of carbonyl (C=O) groups excluding carboxylic acids is 2. The smallest absolute Gasteiger partial charge is 0.229 e. The highest BCUT2D eigenvalue weighted by atomic mass is 32.1. The average Bonchev–Trinajstić information content (AvgIpc) is 2.95. The predicted molar refractivity (Wildman–Crippen MR) is 110 cm³/mol. The molecule has 0 saturated carbocycles. The number of anilines is 2. The SMILES string of the molecule is CC(=O)Nc1cccc(NC(=O)Cc2sc(C)nc2-c2ccc(C)cc2)c1. The van der Waals surface area contributed by atoms with Crippen LogP contribution >= 0.6 is 11.3 Å². The van der Waals surface area contributed by atoms with Crippen molar-refractivity contribution in [3.63, 3.8) is 0 Å². The highest BCUT2D eigenvalue weighted by molar-refractivity contribution is 7.12. The van der Waals surface area contributed by atoms with E-state index in [0.717, 1.165) is 21.1 Å². The molecular weight excluding hydrogens is 358 g/mol. The summed E-state index contributed by atoms with van der Waals surface area (Å²) in [5, 5.41) is 6.53. The van der Waals surface area contributed by atoms with Gasteiger partial charge in [0.05, 0.1) is 17.1 Å². The minimum absolute atomic E-state index is 0.119. The van der Waals surface area contributed by atoms with E-state index >= 15 is 0 Å². The lowest BCUT2D eigenvalue weighted by Crippen LogP contribution is -2.14. The second-order valence-corrected chi connectivity index (χ2v) is 7.65. The number of amides is 2. The van der Waals surface area contributed by atoms with Gasteiger partial charge in [0.25, 0.3) is 0 Å². The van der Waals surface area contributed by atoms with Crippen molar-refractivity contribution < 1.29 is 9.59 Å². The van der Waals surface area contributed by atoms with Crippen LogP contribution in [0.15, 0.2) is 48.5 Å². The van der Waals surface area contributed by atoms with E-state index in [4.69, 9.17) is 0 Å². The standard InChI is InChI=1S/C21H21N3O2S/c1-13-7-9-16(10-8-13)21-19(27-15(3)23-21)12-20(26)24-18-6-4-5-17(11-18)22-14(2)25/h4-11H,12H2,1-3H3,(H,22,25)(H,24,26). The number of nitrogens with one attached hydrogen (secondary N) is 2. The van der Waals surface area contributed by atoms with E-state index in [9.17, 15) is 9.59 Å². The fraction of sp³-hybridized carbons (Fsp3) is 0.190. The Morgan fingerprint density at radius 2 is 1.67 bits per heavy atom. The van der Waals surface area contributed by atoms with Crippen LogP contribution in [0.3, 0.4) is 0 Å². The molecule has 0 spiro atoms. The average molecular weight is 379 g/mol. The van der Waals surface area contributed by atoms with E-state index < -0.39 is 0 Å². The molecule has 1 aromatic heterocycles. The number of aromatic nitrogens is 1. The van der Waals surface area contributed by atoms with Gasteiger partial charge in [-0.1, -0.05) is 35.9 Å². The zero-order chi connectivity index (χ0) is 19.4. The Bertz CT molecular complexity index is 977. The number of benzene rings is 2. The summed E-state index contributed by atoms with van der Waals surface area (Å²) < 4.78 is 0. The van der Waals surface area contributed by atoms with Crippen LogP contribution in [0.4, 0.5) is 11.4 Å². The third kappa shape index (κ3) is 5.01. The van der Waals surface area contributed by atoms with Gasteiger partial charge in [-0.3, -0.25) is 9.59 Å². The second-order valence-electron chi connectivity index (χ2n) is 6.36. The minimum atomic E-state index is -0.152. The first kappa shape index (κ1) is 18.8. The Labute approximate surface area is 162 Å². The van der Waals surface area contributed by atoms with Crippen LogP contribution in [-0.2, 0) is 16.0 Å². The van der Waals surface area contributed by atoms with Crippen LogP contribution in [0, 0.1) is 13.8 Å². The molecule has 2 aromatic carbocycles. The van der Waals surface area contributed by atoms with Gasteiger partial charge in [0.2, 0.25) is 11.8 Å². The molecule has 3 aromatic rings. The molecule has 0 unspecified atom stereocenters. The van der Waals surface area contributed by atoms with Gasteiger partial charge in [0.15, 0.2) is 0 Å². The first-order valence-electron chi connectivity index (χ1n) is 8.61. The molecule has 0 radical (unpaired) electrons. The summed E-state index contributed by atoms with van der Waals surface area (Å²) in [4.78, 5) is 29.3. The summed E-state index contributed by atoms with van der Waals surface area (Å²) in [6.45, 7) is 5.43. The number of aryl methyl sites for hydroxylation is 2. The minimum Gasteiger partial charge on any atom is -0.326 e. The number of carbonyl (C=O) groups is 2. The zero-order valence-corrected chi connectivity index (χ0v) is 16.3. The van der Waals surface area contributed by atoms with Crippen LogP contribution < -0.4 is 10.6 Å². The van der Waals surface area contributed by atoms with Crippen molar-refractivity contribution in [1.29, 1.82) is 0 Å². The number of hydrogen-bond acceptors (Lipinski definition) is 4. The molecule has 1 heterocycles. The molecule has 0 aliphatic rings. The van der Waals surface area contributed by atoms with Crippen LogP contribution in [0.1, 0.15) is 22.4 Å². The quantitative estimate of drug-likeness (QED) is 0.682. The maximum Gasteiger partial charge on any atom is 0.229 e. The topological polar surface area (TPSA) is 71.1 Å². The summed E-state index contributed by atoms with van der Waals surface area (Å²) in [5.41, 5.74) is 4.35. The Morgan fingerprint density at radius 3 is 2.33 bits per heavy atom. The van der Waals surface area contributed by atoms with Crippen molar-refractivity contribution in [3.05, 3.63) is 64.0 Å². The molecule has 2 amide bonds. The van der Waals surface area contributed by atoms with Crippen LogP contribution in [0.5, 0.6) is 0 Å². The molecule has 0 aliphatic carbocycles. The lowest BCUT2D eigenvalue weighted by atomic mass is 10.1. The Kier molecular flexibility index (Phi) is 5.66. The van der Waals surface area contributed by atoms with Gasteiger partial charge in [-0.2, -0.15) is 0 Å². The van der Waals surface area contributed by atoms with Crippen molar-refractivity contribution in [2.45, 2.75) is 27.2 Å². The van der Waals surface area contributed by atoms with Crippen molar-refractivity contribution in [3.8, 4) is 11.3 Å². The summed E-state index contributed by atoms with van der Waals surface area (Å²) in [5.74, 6) is -0.270. The maximum absolute atomic E-state index is 12.5. The summed E-state index contributed by atoms with van der Waals surface area (Å²) in [6, 6.07) is 15.2. The lowest BCUT2D eigenvalue weighted by molar-refractivity contribution is -0.115. The van der Waals surface area contributed by atoms with E-state index in [0.29, 0.717) is 11.4 Å². The molecule has 0 bridgehead atoms. The third-order valence-electron chi connectivity index (χ3n) is 3.92. The molecule has 0 aliphatic heterocycles. The Balaban J connectivity index is 1.75. The molecule has 6 heteroatoms. The first-order chi connectivity index (χ1) is 12.9. The van der Waals surface area contributed by atoms with Crippen LogP contribution in [-0.4, -0.2) is 16.8 Å².